The standard InChI is InChI=1S/C13H9F3N4/c1-6-4-10-18-19-13(20(10)5-9(6)17)7-2-3-8(14)12(16)11(7)15/h2-5H,17H2,1H3. The molecule has 2 heterocycles. The van der Waals surface area contributed by atoms with Crippen molar-refractivity contribution in [2.75, 3.05) is 5.73 Å². The molecule has 3 aromatic rings. The Hall–Kier alpha value is -2.57. The summed E-state index contributed by atoms with van der Waals surface area (Å²) in [6.07, 6.45) is 1.51. The van der Waals surface area contributed by atoms with E-state index in [4.69, 9.17) is 5.73 Å². The van der Waals surface area contributed by atoms with Crippen molar-refractivity contribution in [2.24, 2.45) is 0 Å². The number of fused-ring (bicyclic) bond motifs is 1. The number of anilines is 1. The molecule has 0 radical (unpaired) electrons. The summed E-state index contributed by atoms with van der Waals surface area (Å²) in [5, 5.41) is 7.67. The second kappa shape index (κ2) is 4.22. The zero-order chi connectivity index (χ0) is 14.4. The second-order valence-electron chi connectivity index (χ2n) is 4.39. The molecule has 0 bridgehead atoms. The minimum atomic E-state index is -1.54. The third-order valence-electron chi connectivity index (χ3n) is 3.07. The van der Waals surface area contributed by atoms with E-state index in [1.54, 1.807) is 13.0 Å². The number of nitrogens with two attached hydrogens (primary N) is 1. The molecule has 0 aliphatic heterocycles. The molecule has 102 valence electrons. The Kier molecular flexibility index (Phi) is 2.63. The molecule has 0 fully saturated rings. The van der Waals surface area contributed by atoms with Crippen molar-refractivity contribution < 1.29 is 13.2 Å². The highest BCUT2D eigenvalue weighted by Crippen LogP contribution is 2.26. The minimum Gasteiger partial charge on any atom is -0.397 e. The van der Waals surface area contributed by atoms with E-state index < -0.39 is 17.5 Å². The zero-order valence-corrected chi connectivity index (χ0v) is 10.4. The zero-order valence-electron chi connectivity index (χ0n) is 10.4. The number of benzene rings is 1. The maximum Gasteiger partial charge on any atom is 0.195 e. The number of hydrogen-bond donors (Lipinski definition) is 1. The number of rotatable bonds is 1. The molecule has 0 aliphatic carbocycles. The molecule has 0 spiro atoms. The fourth-order valence-electron chi connectivity index (χ4n) is 1.93. The summed E-state index contributed by atoms with van der Waals surface area (Å²) in [7, 11) is 0. The first kappa shape index (κ1) is 12.5. The summed E-state index contributed by atoms with van der Waals surface area (Å²) in [4.78, 5) is 0. The van der Waals surface area contributed by atoms with E-state index in [0.717, 1.165) is 17.7 Å². The molecule has 4 nitrogen and oxygen atoms in total. The first-order valence-corrected chi connectivity index (χ1v) is 5.73. The highest BCUT2D eigenvalue weighted by molar-refractivity contribution is 5.63. The van der Waals surface area contributed by atoms with Crippen molar-refractivity contribution in [3.8, 4) is 11.4 Å². The summed E-state index contributed by atoms with van der Waals surface area (Å²) < 4.78 is 41.5. The lowest BCUT2D eigenvalue weighted by Crippen LogP contribution is -1.99. The van der Waals surface area contributed by atoms with Crippen LogP contribution in [-0.4, -0.2) is 14.6 Å². The average molecular weight is 278 g/mol. The lowest BCUT2D eigenvalue weighted by molar-refractivity contribution is 0.448. The van der Waals surface area contributed by atoms with Gasteiger partial charge in [0.1, 0.15) is 0 Å². The van der Waals surface area contributed by atoms with Gasteiger partial charge in [0.2, 0.25) is 0 Å². The van der Waals surface area contributed by atoms with Crippen molar-refractivity contribution in [2.45, 2.75) is 6.92 Å². The number of aromatic nitrogens is 3. The Labute approximate surface area is 111 Å². The Balaban J connectivity index is 2.30. The van der Waals surface area contributed by atoms with Crippen LogP contribution >= 0.6 is 0 Å². The van der Waals surface area contributed by atoms with Crippen molar-refractivity contribution in [3.05, 3.63) is 47.4 Å². The summed E-state index contributed by atoms with van der Waals surface area (Å²) >= 11 is 0. The minimum absolute atomic E-state index is 0.0584. The number of nitrogen functional groups attached to an aromatic ring is 1. The quantitative estimate of drug-likeness (QED) is 0.696. The number of nitrogens with zero attached hydrogens (tertiary/aromatic N) is 3. The molecule has 1 aromatic carbocycles. The van der Waals surface area contributed by atoms with Gasteiger partial charge in [-0.05, 0) is 30.7 Å². The van der Waals surface area contributed by atoms with Crippen LogP contribution in [0.3, 0.4) is 0 Å². The van der Waals surface area contributed by atoms with Gasteiger partial charge >= 0.3 is 0 Å². The monoisotopic (exact) mass is 278 g/mol. The number of aryl methyl sites for hydroxylation is 1. The predicted octanol–water partition coefficient (Wildman–Crippen LogP) is 2.70. The fraction of sp³-hybridized carbons (Fsp3) is 0.0769. The normalized spacial score (nSPS) is 11.2. The van der Waals surface area contributed by atoms with Crippen LogP contribution in [0.4, 0.5) is 18.9 Å². The molecular formula is C13H9F3N4. The Morgan fingerprint density at radius 2 is 1.85 bits per heavy atom. The first-order chi connectivity index (χ1) is 9.49. The van der Waals surface area contributed by atoms with Crippen molar-refractivity contribution in [3.63, 3.8) is 0 Å². The molecule has 0 saturated heterocycles. The summed E-state index contributed by atoms with van der Waals surface area (Å²) in [5.74, 6) is -4.05. The third-order valence-corrected chi connectivity index (χ3v) is 3.07. The van der Waals surface area contributed by atoms with Gasteiger partial charge in [0.15, 0.2) is 28.9 Å². The van der Waals surface area contributed by atoms with Gasteiger partial charge in [0.05, 0.1) is 11.3 Å². The van der Waals surface area contributed by atoms with Crippen LogP contribution in [0.25, 0.3) is 17.0 Å². The van der Waals surface area contributed by atoms with Gasteiger partial charge in [-0.3, -0.25) is 4.40 Å². The highest BCUT2D eigenvalue weighted by atomic mass is 19.2. The van der Waals surface area contributed by atoms with E-state index in [2.05, 4.69) is 10.2 Å². The molecule has 0 aliphatic rings. The van der Waals surface area contributed by atoms with Gasteiger partial charge < -0.3 is 5.73 Å². The van der Waals surface area contributed by atoms with E-state index in [9.17, 15) is 13.2 Å². The molecule has 0 amide bonds. The Morgan fingerprint density at radius 3 is 2.60 bits per heavy atom. The van der Waals surface area contributed by atoms with Crippen LogP contribution in [-0.2, 0) is 0 Å². The highest BCUT2D eigenvalue weighted by Gasteiger charge is 2.19. The molecule has 2 aromatic heterocycles. The van der Waals surface area contributed by atoms with Gasteiger partial charge in [-0.25, -0.2) is 13.2 Å². The van der Waals surface area contributed by atoms with Crippen molar-refractivity contribution in [1.82, 2.24) is 14.6 Å². The first-order valence-electron chi connectivity index (χ1n) is 5.73. The Bertz CT molecular complexity index is 826. The van der Waals surface area contributed by atoms with Gasteiger partial charge in [0.25, 0.3) is 0 Å². The molecule has 7 heteroatoms. The van der Waals surface area contributed by atoms with Crippen LogP contribution in [0.15, 0.2) is 24.4 Å². The SMILES string of the molecule is Cc1cc2nnc(-c3ccc(F)c(F)c3F)n2cc1N. The van der Waals surface area contributed by atoms with E-state index in [-0.39, 0.29) is 11.4 Å². The van der Waals surface area contributed by atoms with Crippen LogP contribution in [0, 0.1) is 24.4 Å². The lowest BCUT2D eigenvalue weighted by atomic mass is 10.2. The number of pyridine rings is 1. The van der Waals surface area contributed by atoms with Gasteiger partial charge in [-0.15, -0.1) is 10.2 Å². The number of halogens is 3. The van der Waals surface area contributed by atoms with Gasteiger partial charge in [-0.1, -0.05) is 0 Å². The van der Waals surface area contributed by atoms with Crippen LogP contribution < -0.4 is 5.73 Å². The Morgan fingerprint density at radius 1 is 1.10 bits per heavy atom. The summed E-state index contributed by atoms with van der Waals surface area (Å²) in [6.45, 7) is 1.79. The van der Waals surface area contributed by atoms with E-state index in [1.165, 1.54) is 10.6 Å². The molecule has 20 heavy (non-hydrogen) atoms. The molecular weight excluding hydrogens is 269 g/mol. The van der Waals surface area contributed by atoms with Crippen LogP contribution in [0.2, 0.25) is 0 Å². The van der Waals surface area contributed by atoms with Crippen LogP contribution in [0.1, 0.15) is 5.56 Å². The maximum absolute atomic E-state index is 13.8. The third kappa shape index (κ3) is 1.70. The predicted molar refractivity (Wildman–Crippen MR) is 67.4 cm³/mol. The average Bonchev–Trinajstić information content (AvgIpc) is 2.80. The molecule has 2 N–H and O–H groups in total. The summed E-state index contributed by atoms with van der Waals surface area (Å²) in [5.41, 5.74) is 7.29. The maximum atomic E-state index is 13.8. The molecule has 3 rings (SSSR count). The van der Waals surface area contributed by atoms with Crippen LogP contribution in [0.5, 0.6) is 0 Å². The summed E-state index contributed by atoms with van der Waals surface area (Å²) in [6, 6.07) is 3.62. The number of hydrogen-bond acceptors (Lipinski definition) is 3. The van der Waals surface area contributed by atoms with Gasteiger partial charge in [-0.2, -0.15) is 0 Å². The molecule has 0 saturated carbocycles. The van der Waals surface area contributed by atoms with Crippen molar-refractivity contribution in [1.29, 1.82) is 0 Å². The molecule has 0 atom stereocenters. The topological polar surface area (TPSA) is 56.2 Å². The smallest absolute Gasteiger partial charge is 0.195 e. The van der Waals surface area contributed by atoms with E-state index >= 15 is 0 Å². The fourth-order valence-corrected chi connectivity index (χ4v) is 1.93. The van der Waals surface area contributed by atoms with Crippen molar-refractivity contribution >= 4 is 11.3 Å². The lowest BCUT2D eigenvalue weighted by Gasteiger charge is -2.05. The van der Waals surface area contributed by atoms with E-state index in [0.29, 0.717) is 11.3 Å². The second-order valence-corrected chi connectivity index (χ2v) is 4.39. The largest absolute Gasteiger partial charge is 0.397 e. The molecule has 0 unspecified atom stereocenters. The van der Waals surface area contributed by atoms with Gasteiger partial charge in [0, 0.05) is 6.20 Å². The van der Waals surface area contributed by atoms with E-state index in [1.807, 2.05) is 0 Å².